The first-order valence-electron chi connectivity index (χ1n) is 7.02. The van der Waals surface area contributed by atoms with Crippen molar-refractivity contribution in [3.63, 3.8) is 0 Å². The van der Waals surface area contributed by atoms with Crippen LogP contribution < -0.4 is 0 Å². The predicted octanol–water partition coefficient (Wildman–Crippen LogP) is -2.43. The third-order valence-corrected chi connectivity index (χ3v) is 5.63. The molecule has 0 rings (SSSR count). The van der Waals surface area contributed by atoms with Crippen molar-refractivity contribution in [2.24, 2.45) is 0 Å². The number of aliphatic hydroxyl groups is 1. The lowest BCUT2D eigenvalue weighted by Gasteiger charge is -2.18. The number of carboxylic acid groups (broad SMARTS) is 5. The number of rotatable bonds is 9. The molecule has 8 N–H and O–H groups in total. The van der Waals surface area contributed by atoms with Gasteiger partial charge in [-0.05, 0) is 6.92 Å². The summed E-state index contributed by atoms with van der Waals surface area (Å²) in [5.74, 6) is -7.53. The monoisotopic (exact) mass is 498 g/mol. The van der Waals surface area contributed by atoms with Gasteiger partial charge in [0.15, 0.2) is 5.60 Å². The van der Waals surface area contributed by atoms with Gasteiger partial charge in [0.05, 0.1) is 12.8 Å². The molecule has 31 heavy (non-hydrogen) atoms. The highest BCUT2D eigenvalue weighted by Gasteiger charge is 2.40. The lowest BCUT2D eigenvalue weighted by Crippen LogP contribution is -2.42. The molecule has 180 valence electrons. The van der Waals surface area contributed by atoms with E-state index in [2.05, 4.69) is 0 Å². The molecule has 0 fully saturated rings. The molecule has 0 aliphatic rings. The number of hydrogen-bond acceptors (Lipinski definition) is 10. The van der Waals surface area contributed by atoms with Crippen LogP contribution in [0.4, 0.5) is 0 Å². The van der Waals surface area contributed by atoms with E-state index in [1.807, 2.05) is 0 Å². The molecule has 17 nitrogen and oxygen atoms in total. The van der Waals surface area contributed by atoms with Gasteiger partial charge in [-0.25, -0.2) is 14.4 Å². The smallest absolute Gasteiger partial charge is 0.336 e. The van der Waals surface area contributed by atoms with E-state index in [1.165, 1.54) is 0 Å². The van der Waals surface area contributed by atoms with Crippen LogP contribution in [0.15, 0.2) is 12.2 Å². The molecule has 0 atom stereocenters. The number of aliphatic carboxylic acids is 5. The third kappa shape index (κ3) is 18.6. The van der Waals surface area contributed by atoms with E-state index in [0.717, 1.165) is 0 Å². The summed E-state index contributed by atoms with van der Waals surface area (Å²) < 4.78 is 53.9. The fourth-order valence-electron chi connectivity index (χ4n) is 1.01. The van der Waals surface area contributed by atoms with E-state index in [0.29, 0.717) is 19.1 Å². The zero-order valence-corrected chi connectivity index (χ0v) is 16.8. The van der Waals surface area contributed by atoms with Crippen LogP contribution in [-0.2, 0) is 44.2 Å². The zero-order chi connectivity index (χ0) is 25.8. The normalized spacial score (nSPS) is 11.5. The molecule has 0 spiro atoms. The number of carbonyl (C=O) groups is 5. The second-order valence-corrected chi connectivity index (χ2v) is 8.86. The highest BCUT2D eigenvalue weighted by Crippen LogP contribution is 2.15. The van der Waals surface area contributed by atoms with E-state index in [1.54, 1.807) is 0 Å². The summed E-state index contributed by atoms with van der Waals surface area (Å²) >= 11 is 0. The first kappa shape index (κ1) is 32.5. The van der Waals surface area contributed by atoms with Crippen LogP contribution in [0.25, 0.3) is 0 Å². The van der Waals surface area contributed by atoms with E-state index in [9.17, 15) is 40.8 Å². The van der Waals surface area contributed by atoms with Gasteiger partial charge in [0.25, 0.3) is 20.2 Å². The molecule has 0 bridgehead atoms. The fourth-order valence-corrected chi connectivity index (χ4v) is 2.24. The third-order valence-electron chi connectivity index (χ3n) is 2.49. The second-order valence-electron chi connectivity index (χ2n) is 5.09. The van der Waals surface area contributed by atoms with Crippen molar-refractivity contribution in [3.05, 3.63) is 12.2 Å². The minimum absolute atomic E-state index is 0.558. The maximum absolute atomic E-state index is 10.3. The van der Waals surface area contributed by atoms with Gasteiger partial charge in [-0.15, -0.1) is 0 Å². The summed E-state index contributed by atoms with van der Waals surface area (Å²) in [6.45, 7) is 0.657. The molecule has 0 aliphatic heterocycles. The lowest BCUT2D eigenvalue weighted by atomic mass is 9.96. The summed E-state index contributed by atoms with van der Waals surface area (Å²) in [6.07, 6.45) is -1.17. The molecule has 0 aliphatic carbocycles. The molecule has 19 heteroatoms. The Hall–Kier alpha value is -3.13. The van der Waals surface area contributed by atoms with Crippen molar-refractivity contribution < 1.29 is 80.6 Å². The maximum atomic E-state index is 10.3. The van der Waals surface area contributed by atoms with Gasteiger partial charge in [0.2, 0.25) is 4.58 Å². The van der Waals surface area contributed by atoms with Crippen LogP contribution in [0.5, 0.6) is 0 Å². The van der Waals surface area contributed by atoms with E-state index in [4.69, 9.17) is 39.7 Å². The molecular formula is C12H18O17S2. The highest BCUT2D eigenvalue weighted by atomic mass is 32.3. The number of carboxylic acids is 5. The van der Waals surface area contributed by atoms with Crippen molar-refractivity contribution in [2.75, 3.05) is 0 Å². The highest BCUT2D eigenvalue weighted by molar-refractivity contribution is 8.03. The Bertz CT molecular complexity index is 847. The Morgan fingerprint density at radius 1 is 0.742 bits per heavy atom. The Balaban J connectivity index is -0.000000392. The van der Waals surface area contributed by atoms with Crippen molar-refractivity contribution in [2.45, 2.75) is 29.9 Å². The second kappa shape index (κ2) is 13.2. The zero-order valence-electron chi connectivity index (χ0n) is 15.2. The summed E-state index contributed by atoms with van der Waals surface area (Å²) in [7, 11) is -9.40. The van der Waals surface area contributed by atoms with Crippen molar-refractivity contribution in [3.8, 4) is 0 Å². The average molecular weight is 498 g/mol. The van der Waals surface area contributed by atoms with Crippen molar-refractivity contribution in [1.29, 1.82) is 0 Å². The minimum atomic E-state index is -4.70. The topological polar surface area (TPSA) is 315 Å². The molecular weight excluding hydrogens is 480 g/mol. The van der Waals surface area contributed by atoms with Gasteiger partial charge in [0, 0.05) is 12.2 Å². The molecule has 0 saturated heterocycles. The van der Waals surface area contributed by atoms with Gasteiger partial charge in [0.1, 0.15) is 0 Å². The molecule has 0 heterocycles. The molecule has 0 aromatic rings. The van der Waals surface area contributed by atoms with Gasteiger partial charge < -0.3 is 30.6 Å². The van der Waals surface area contributed by atoms with Gasteiger partial charge in [-0.1, -0.05) is 0 Å². The average Bonchev–Trinajstić information content (AvgIpc) is 2.50. The lowest BCUT2D eigenvalue weighted by molar-refractivity contribution is -0.170. The SMILES string of the molecule is CC(S(=O)(=O)O)S(=O)(=O)O.O=C(O)/C=C/C(=O)O.O=C(O)CC(O)(CC(=O)O)C(=O)O. The summed E-state index contributed by atoms with van der Waals surface area (Å²) in [5, 5.41) is 49.4. The molecule has 0 unspecified atom stereocenters. The van der Waals surface area contributed by atoms with Gasteiger partial charge >= 0.3 is 29.8 Å². The quantitative estimate of drug-likeness (QED) is 0.121. The first-order chi connectivity index (χ1) is 13.6. The molecule has 0 radical (unpaired) electrons. The van der Waals surface area contributed by atoms with Crippen LogP contribution in [0.1, 0.15) is 19.8 Å². The number of hydrogen-bond donors (Lipinski definition) is 8. The van der Waals surface area contributed by atoms with E-state index in [-0.39, 0.29) is 0 Å². The summed E-state index contributed by atoms with van der Waals surface area (Å²) in [5.41, 5.74) is -2.74. The summed E-state index contributed by atoms with van der Waals surface area (Å²) in [6, 6.07) is 0. The molecule has 0 aromatic carbocycles. The van der Waals surface area contributed by atoms with E-state index < -0.39 is 73.1 Å². The van der Waals surface area contributed by atoms with E-state index >= 15 is 0 Å². The van der Waals surface area contributed by atoms with Crippen LogP contribution in [0.2, 0.25) is 0 Å². The Morgan fingerprint density at radius 2 is 1.00 bits per heavy atom. The van der Waals surface area contributed by atoms with Gasteiger partial charge in [-0.2, -0.15) is 16.8 Å². The Labute approximate surface area is 173 Å². The van der Waals surface area contributed by atoms with Crippen LogP contribution in [-0.4, -0.2) is 96.6 Å². The molecule has 0 saturated carbocycles. The predicted molar refractivity (Wildman–Crippen MR) is 94.1 cm³/mol. The first-order valence-corrected chi connectivity index (χ1v) is 10.0. The molecule has 0 amide bonds. The van der Waals surface area contributed by atoms with Crippen molar-refractivity contribution in [1.82, 2.24) is 0 Å². The van der Waals surface area contributed by atoms with Crippen LogP contribution >= 0.6 is 0 Å². The Kier molecular flexibility index (Phi) is 13.9. The van der Waals surface area contributed by atoms with Crippen LogP contribution in [0.3, 0.4) is 0 Å². The fraction of sp³-hybridized carbons (Fsp3) is 0.417. The standard InChI is InChI=1S/C6H8O7.C4H4O4.C2H6O6S2/c7-3(8)1-6(13,5(11)12)2-4(9)10;5-3(6)1-2-4(7)8;1-2(9(3,4)5)10(6,7)8/h13H,1-2H2,(H,7,8)(H,9,10)(H,11,12);1-2H,(H,5,6)(H,7,8);2H,1H3,(H,3,4,5)(H,6,7,8)/b;2-1+;. The molecule has 0 aromatic heterocycles. The summed E-state index contributed by atoms with van der Waals surface area (Å²) in [4.78, 5) is 49.6. The maximum Gasteiger partial charge on any atom is 0.336 e. The Morgan fingerprint density at radius 3 is 1.10 bits per heavy atom. The minimum Gasteiger partial charge on any atom is -0.481 e. The largest absolute Gasteiger partial charge is 0.481 e. The van der Waals surface area contributed by atoms with Crippen LogP contribution in [0, 0.1) is 0 Å². The van der Waals surface area contributed by atoms with Gasteiger partial charge in [-0.3, -0.25) is 18.7 Å². The van der Waals surface area contributed by atoms with Crippen molar-refractivity contribution >= 4 is 50.1 Å².